The molecule has 2 aliphatic heterocycles. The number of hydrogen-bond acceptors (Lipinski definition) is 7. The number of benzene rings is 1. The summed E-state index contributed by atoms with van der Waals surface area (Å²) >= 11 is 5.24. The van der Waals surface area contributed by atoms with Gasteiger partial charge in [-0.05, 0) is 18.3 Å². The number of nitro benzene ring substituents is 1. The second-order valence-electron chi connectivity index (χ2n) is 6.52. The van der Waals surface area contributed by atoms with E-state index >= 15 is 0 Å². The summed E-state index contributed by atoms with van der Waals surface area (Å²) in [6, 6.07) is 4.67. The Bertz CT molecular complexity index is 1050. The second-order valence-corrected chi connectivity index (χ2v) is 6.89. The average Bonchev–Trinajstić information content (AvgIpc) is 2.65. The lowest BCUT2D eigenvalue weighted by molar-refractivity contribution is -0.384. The summed E-state index contributed by atoms with van der Waals surface area (Å²) in [6.45, 7) is 2.49. The topological polar surface area (TPSA) is 91.8 Å². The number of aromatic nitrogens is 2. The van der Waals surface area contributed by atoms with E-state index < -0.39 is 11.0 Å². The van der Waals surface area contributed by atoms with Crippen LogP contribution < -0.4 is 15.2 Å². The van der Waals surface area contributed by atoms with Crippen LogP contribution in [0.4, 0.5) is 11.4 Å². The van der Waals surface area contributed by atoms with Gasteiger partial charge in [-0.2, -0.15) is 0 Å². The van der Waals surface area contributed by atoms with E-state index in [0.717, 1.165) is 5.69 Å². The van der Waals surface area contributed by atoms with Crippen molar-refractivity contribution in [1.29, 1.82) is 0 Å². The predicted octanol–water partition coefficient (Wildman–Crippen LogP) is 1.68. The van der Waals surface area contributed by atoms with Gasteiger partial charge in [-0.25, -0.2) is 0 Å². The quantitative estimate of drug-likeness (QED) is 0.447. The van der Waals surface area contributed by atoms with Gasteiger partial charge in [-0.1, -0.05) is 0 Å². The van der Waals surface area contributed by atoms with Crippen LogP contribution in [-0.2, 0) is 18.8 Å². The Hall–Kier alpha value is -2.72. The van der Waals surface area contributed by atoms with Gasteiger partial charge in [-0.15, -0.1) is 0 Å². The smallest absolute Gasteiger partial charge is 0.270 e. The fourth-order valence-electron chi connectivity index (χ4n) is 3.51. The van der Waals surface area contributed by atoms with Gasteiger partial charge in [0, 0.05) is 50.6 Å². The lowest BCUT2D eigenvalue weighted by Gasteiger charge is -2.36. The van der Waals surface area contributed by atoms with E-state index in [-0.39, 0.29) is 11.2 Å². The van der Waals surface area contributed by atoms with Crippen LogP contribution in [0.2, 0.25) is 0 Å². The van der Waals surface area contributed by atoms with Crippen molar-refractivity contribution < 1.29 is 14.4 Å². The van der Waals surface area contributed by atoms with Crippen LogP contribution >= 0.6 is 12.2 Å². The summed E-state index contributed by atoms with van der Waals surface area (Å²) in [7, 11) is 3.34. The Morgan fingerprint density at radius 3 is 2.59 bits per heavy atom. The molecule has 0 spiro atoms. The normalized spacial score (nSPS) is 18.4. The Balaban J connectivity index is 1.87. The molecule has 10 heteroatoms. The highest BCUT2D eigenvalue weighted by atomic mass is 32.1. The van der Waals surface area contributed by atoms with E-state index in [4.69, 9.17) is 21.7 Å². The molecule has 3 heterocycles. The van der Waals surface area contributed by atoms with Crippen LogP contribution in [0.1, 0.15) is 17.2 Å². The molecule has 0 unspecified atom stereocenters. The number of nitro groups is 1. The lowest BCUT2D eigenvalue weighted by atomic mass is 9.96. The van der Waals surface area contributed by atoms with Crippen molar-refractivity contribution in [3.05, 3.63) is 54.6 Å². The van der Waals surface area contributed by atoms with Crippen molar-refractivity contribution >= 4 is 23.6 Å². The number of nitrogens with zero attached hydrogens (tertiary/aromatic N) is 4. The summed E-state index contributed by atoms with van der Waals surface area (Å²) in [5.41, 5.74) is 1.59. The average molecular weight is 390 g/mol. The molecule has 0 bridgehead atoms. The molecule has 0 amide bonds. The first-order valence-corrected chi connectivity index (χ1v) is 8.88. The first kappa shape index (κ1) is 17.7. The number of non-ortho nitro benzene ring substituents is 1. The third-order valence-corrected chi connectivity index (χ3v) is 5.54. The van der Waals surface area contributed by atoms with Crippen LogP contribution in [0, 0.1) is 14.9 Å². The number of ether oxygens (including phenoxy) is 2. The molecule has 27 heavy (non-hydrogen) atoms. The van der Waals surface area contributed by atoms with E-state index in [9.17, 15) is 14.9 Å². The van der Waals surface area contributed by atoms with Crippen LogP contribution in [0.25, 0.3) is 0 Å². The summed E-state index contributed by atoms with van der Waals surface area (Å²) in [4.78, 5) is 25.7. The van der Waals surface area contributed by atoms with E-state index in [2.05, 4.69) is 4.90 Å². The van der Waals surface area contributed by atoms with E-state index in [1.54, 1.807) is 24.7 Å². The molecule has 1 aromatic heterocycles. The van der Waals surface area contributed by atoms with Gasteiger partial charge >= 0.3 is 0 Å². The van der Waals surface area contributed by atoms with Crippen LogP contribution in [-0.4, -0.2) is 40.4 Å². The van der Waals surface area contributed by atoms with Gasteiger partial charge in [0.05, 0.1) is 18.1 Å². The van der Waals surface area contributed by atoms with Crippen molar-refractivity contribution in [2.45, 2.75) is 6.10 Å². The van der Waals surface area contributed by atoms with Crippen molar-refractivity contribution in [2.75, 3.05) is 31.2 Å². The van der Waals surface area contributed by atoms with Crippen LogP contribution in [0.5, 0.6) is 5.88 Å². The number of hydrogen-bond donors (Lipinski definition) is 0. The zero-order valence-corrected chi connectivity index (χ0v) is 15.7. The van der Waals surface area contributed by atoms with Crippen molar-refractivity contribution in [2.24, 2.45) is 14.1 Å². The lowest BCUT2D eigenvalue weighted by Crippen LogP contribution is -2.40. The van der Waals surface area contributed by atoms with Gasteiger partial charge < -0.3 is 14.4 Å². The highest BCUT2D eigenvalue weighted by Crippen LogP contribution is 2.44. The third-order valence-electron chi connectivity index (χ3n) is 4.99. The Morgan fingerprint density at radius 2 is 1.93 bits per heavy atom. The molecule has 0 radical (unpaired) electrons. The number of anilines is 1. The minimum atomic E-state index is -0.668. The summed E-state index contributed by atoms with van der Waals surface area (Å²) < 4.78 is 14.7. The maximum absolute atomic E-state index is 12.7. The number of morpholine rings is 1. The standard InChI is InChI=1S/C17H18N4O5S/c1-18-15(22)13-14(26-16(13)19(2)17(18)27)11-9-10(21(23)24)3-4-12(11)20-5-7-25-8-6-20/h3-4,9,14H,5-8H2,1-2H3/t14-/m1/s1. The zero-order valence-electron chi connectivity index (χ0n) is 14.9. The van der Waals surface area contributed by atoms with E-state index in [1.165, 1.54) is 16.7 Å². The van der Waals surface area contributed by atoms with E-state index in [1.807, 2.05) is 0 Å². The molecule has 1 aromatic carbocycles. The SMILES string of the molecule is Cn1c2c(c(=O)n(C)c1=S)[C@@H](c1cc([N+](=O)[O-])ccc1N1CCOCC1)O2. The molecule has 4 rings (SSSR count). The molecule has 2 aromatic rings. The minimum absolute atomic E-state index is 0.0415. The Kier molecular flexibility index (Phi) is 4.23. The van der Waals surface area contributed by atoms with Crippen molar-refractivity contribution in [3.8, 4) is 5.88 Å². The molecule has 142 valence electrons. The minimum Gasteiger partial charge on any atom is -0.465 e. The van der Waals surface area contributed by atoms with Crippen LogP contribution in [0.3, 0.4) is 0 Å². The maximum atomic E-state index is 12.7. The fraction of sp³-hybridized carbons (Fsp3) is 0.412. The summed E-state index contributed by atoms with van der Waals surface area (Å²) in [5.74, 6) is 0.410. The number of fused-ring (bicyclic) bond motifs is 1. The summed E-state index contributed by atoms with van der Waals surface area (Å²) in [6.07, 6.45) is -0.668. The largest absolute Gasteiger partial charge is 0.465 e. The Morgan fingerprint density at radius 1 is 1.22 bits per heavy atom. The zero-order chi connectivity index (χ0) is 19.3. The van der Waals surface area contributed by atoms with Gasteiger partial charge in [0.2, 0.25) is 5.88 Å². The predicted molar refractivity (Wildman–Crippen MR) is 100 cm³/mol. The molecule has 0 saturated carbocycles. The molecule has 0 N–H and O–H groups in total. The maximum Gasteiger partial charge on any atom is 0.270 e. The molecular formula is C17H18N4O5S. The van der Waals surface area contributed by atoms with Crippen molar-refractivity contribution in [1.82, 2.24) is 9.13 Å². The number of rotatable bonds is 3. The third kappa shape index (κ3) is 2.72. The van der Waals surface area contributed by atoms with Gasteiger partial charge in [-0.3, -0.25) is 24.0 Å². The van der Waals surface area contributed by atoms with Gasteiger partial charge in [0.25, 0.3) is 11.2 Å². The second kappa shape index (κ2) is 6.46. The first-order valence-electron chi connectivity index (χ1n) is 8.47. The Labute approximate surface area is 159 Å². The van der Waals surface area contributed by atoms with Crippen molar-refractivity contribution in [3.63, 3.8) is 0 Å². The summed E-state index contributed by atoms with van der Waals surface area (Å²) in [5, 5.41) is 11.3. The van der Waals surface area contributed by atoms with Gasteiger partial charge in [0.1, 0.15) is 5.56 Å². The highest BCUT2D eigenvalue weighted by Gasteiger charge is 2.39. The molecule has 9 nitrogen and oxygen atoms in total. The van der Waals surface area contributed by atoms with Crippen LogP contribution in [0.15, 0.2) is 23.0 Å². The monoisotopic (exact) mass is 390 g/mol. The molecule has 1 atom stereocenters. The first-order chi connectivity index (χ1) is 12.9. The molecular weight excluding hydrogens is 372 g/mol. The fourth-order valence-corrected chi connectivity index (χ4v) is 3.67. The highest BCUT2D eigenvalue weighted by molar-refractivity contribution is 7.71. The molecule has 1 fully saturated rings. The van der Waals surface area contributed by atoms with E-state index in [0.29, 0.717) is 48.1 Å². The van der Waals surface area contributed by atoms with Gasteiger partial charge in [0.15, 0.2) is 10.9 Å². The molecule has 1 saturated heterocycles. The molecule has 0 aliphatic carbocycles. The molecule has 2 aliphatic rings.